The van der Waals surface area contributed by atoms with Crippen LogP contribution in [0.4, 0.5) is 13.2 Å². The van der Waals surface area contributed by atoms with Crippen molar-refractivity contribution in [2.75, 3.05) is 0 Å². The maximum absolute atomic E-state index is 12.8. The summed E-state index contributed by atoms with van der Waals surface area (Å²) in [4.78, 5) is 12.4. The van der Waals surface area contributed by atoms with Gasteiger partial charge in [0.25, 0.3) is 5.91 Å². The largest absolute Gasteiger partial charge is 0.416 e. The zero-order valence-corrected chi connectivity index (χ0v) is 12.8. The minimum Gasteiger partial charge on any atom is -0.349 e. The lowest BCUT2D eigenvalue weighted by molar-refractivity contribution is -0.137. The molecule has 0 aromatic heterocycles. The predicted molar refractivity (Wildman–Crippen MR) is 80.7 cm³/mol. The van der Waals surface area contributed by atoms with E-state index in [0.717, 1.165) is 44.2 Å². The highest BCUT2D eigenvalue weighted by Crippen LogP contribution is 2.39. The Hall–Kier alpha value is -1.56. The van der Waals surface area contributed by atoms with Gasteiger partial charge in [-0.25, -0.2) is 0 Å². The molecule has 2 aliphatic rings. The van der Waals surface area contributed by atoms with Crippen LogP contribution in [-0.4, -0.2) is 18.0 Å². The third-order valence-corrected chi connectivity index (χ3v) is 5.13. The molecule has 1 amide bonds. The molecule has 6 heteroatoms. The normalized spacial score (nSPS) is 30.8. The van der Waals surface area contributed by atoms with Gasteiger partial charge in [0.05, 0.1) is 5.56 Å². The summed E-state index contributed by atoms with van der Waals surface area (Å²) < 4.78 is 38.3. The molecule has 126 valence electrons. The second kappa shape index (κ2) is 6.15. The molecule has 3 rings (SSSR count). The lowest BCUT2D eigenvalue weighted by atomic mass is 9.67. The zero-order valence-electron chi connectivity index (χ0n) is 12.8. The van der Waals surface area contributed by atoms with Crippen molar-refractivity contribution in [2.24, 2.45) is 17.6 Å². The molecular weight excluding hydrogens is 305 g/mol. The van der Waals surface area contributed by atoms with Gasteiger partial charge in [-0.05, 0) is 55.7 Å². The van der Waals surface area contributed by atoms with Gasteiger partial charge in [-0.15, -0.1) is 0 Å². The topological polar surface area (TPSA) is 55.1 Å². The van der Waals surface area contributed by atoms with Gasteiger partial charge < -0.3 is 11.1 Å². The molecule has 1 aromatic rings. The van der Waals surface area contributed by atoms with Crippen LogP contribution >= 0.6 is 0 Å². The molecule has 3 N–H and O–H groups in total. The molecule has 0 spiro atoms. The molecule has 0 radical (unpaired) electrons. The average molecular weight is 326 g/mol. The van der Waals surface area contributed by atoms with E-state index in [-0.39, 0.29) is 17.6 Å². The van der Waals surface area contributed by atoms with Gasteiger partial charge in [-0.2, -0.15) is 13.2 Å². The van der Waals surface area contributed by atoms with E-state index in [0.29, 0.717) is 11.8 Å². The Kier molecular flexibility index (Phi) is 4.36. The van der Waals surface area contributed by atoms with Crippen molar-refractivity contribution in [1.29, 1.82) is 0 Å². The first-order chi connectivity index (χ1) is 10.8. The Morgan fingerprint density at radius 3 is 2.43 bits per heavy atom. The van der Waals surface area contributed by atoms with Crippen LogP contribution in [-0.2, 0) is 6.18 Å². The molecule has 3 nitrogen and oxygen atoms in total. The second-order valence-corrected chi connectivity index (χ2v) is 6.76. The Balaban J connectivity index is 1.74. The fraction of sp³-hybridized carbons (Fsp3) is 0.588. The number of hydrogen-bond donors (Lipinski definition) is 2. The number of nitrogens with two attached hydrogens (primary N) is 1. The molecule has 2 atom stereocenters. The summed E-state index contributed by atoms with van der Waals surface area (Å²) in [5.41, 5.74) is 5.33. The van der Waals surface area contributed by atoms with Crippen LogP contribution in [0.5, 0.6) is 0 Å². The third-order valence-electron chi connectivity index (χ3n) is 5.13. The van der Waals surface area contributed by atoms with Crippen LogP contribution in [0.1, 0.15) is 48.0 Å². The van der Waals surface area contributed by atoms with Crippen LogP contribution in [0.15, 0.2) is 24.3 Å². The molecule has 23 heavy (non-hydrogen) atoms. The fourth-order valence-electron chi connectivity index (χ4n) is 4.10. The van der Waals surface area contributed by atoms with Gasteiger partial charge in [0.1, 0.15) is 0 Å². The quantitative estimate of drug-likeness (QED) is 0.876. The van der Waals surface area contributed by atoms with Crippen molar-refractivity contribution >= 4 is 5.91 Å². The summed E-state index contributed by atoms with van der Waals surface area (Å²) in [6, 6.07) is 4.80. The molecule has 1 aromatic carbocycles. The van der Waals surface area contributed by atoms with Crippen molar-refractivity contribution in [3.05, 3.63) is 35.4 Å². The summed E-state index contributed by atoms with van der Waals surface area (Å²) in [5, 5.41) is 2.97. The highest BCUT2D eigenvalue weighted by Gasteiger charge is 2.40. The molecular formula is C17H21F3N2O. The van der Waals surface area contributed by atoms with Gasteiger partial charge in [0.2, 0.25) is 0 Å². The van der Waals surface area contributed by atoms with Gasteiger partial charge in [-0.1, -0.05) is 12.5 Å². The van der Waals surface area contributed by atoms with Crippen molar-refractivity contribution in [3.8, 4) is 0 Å². The van der Waals surface area contributed by atoms with E-state index in [1.54, 1.807) is 0 Å². The molecule has 2 bridgehead atoms. The number of halogens is 3. The first kappa shape index (κ1) is 16.3. The van der Waals surface area contributed by atoms with E-state index in [1.165, 1.54) is 12.1 Å². The molecule has 2 saturated carbocycles. The van der Waals surface area contributed by atoms with E-state index >= 15 is 0 Å². The summed E-state index contributed by atoms with van der Waals surface area (Å²) in [6.45, 7) is 0. The monoisotopic (exact) mass is 326 g/mol. The SMILES string of the molecule is NC1CC2CCCC(C1)C2NC(=O)c1cccc(C(F)(F)F)c1. The van der Waals surface area contributed by atoms with Crippen molar-refractivity contribution in [3.63, 3.8) is 0 Å². The number of benzene rings is 1. The van der Waals surface area contributed by atoms with Crippen LogP contribution in [0, 0.1) is 11.8 Å². The number of hydrogen-bond acceptors (Lipinski definition) is 2. The maximum Gasteiger partial charge on any atom is 0.416 e. The molecule has 0 heterocycles. The molecule has 2 unspecified atom stereocenters. The zero-order chi connectivity index (χ0) is 16.6. The molecule has 2 fully saturated rings. The molecule has 0 aliphatic heterocycles. The van der Waals surface area contributed by atoms with Crippen LogP contribution in [0.2, 0.25) is 0 Å². The van der Waals surface area contributed by atoms with Gasteiger partial charge in [0, 0.05) is 17.6 Å². The van der Waals surface area contributed by atoms with Crippen molar-refractivity contribution in [1.82, 2.24) is 5.32 Å². The Bertz CT molecular complexity index is 573. The van der Waals surface area contributed by atoms with E-state index in [1.807, 2.05) is 0 Å². The minimum atomic E-state index is -4.44. The predicted octanol–water partition coefficient (Wildman–Crippen LogP) is 3.34. The Morgan fingerprint density at radius 2 is 1.83 bits per heavy atom. The number of nitrogens with one attached hydrogen (secondary N) is 1. The Morgan fingerprint density at radius 1 is 1.17 bits per heavy atom. The highest BCUT2D eigenvalue weighted by molar-refractivity contribution is 5.94. The van der Waals surface area contributed by atoms with Crippen LogP contribution < -0.4 is 11.1 Å². The van der Waals surface area contributed by atoms with E-state index < -0.39 is 17.6 Å². The fourth-order valence-corrected chi connectivity index (χ4v) is 4.10. The van der Waals surface area contributed by atoms with E-state index in [9.17, 15) is 18.0 Å². The standard InChI is InChI=1S/C17H21F3N2O/c18-17(19,20)13-6-2-5-12(7-13)16(23)22-15-10-3-1-4-11(15)9-14(21)8-10/h2,5-7,10-11,14-15H,1,3-4,8-9,21H2,(H,22,23). The van der Waals surface area contributed by atoms with Gasteiger partial charge in [0.15, 0.2) is 0 Å². The van der Waals surface area contributed by atoms with Crippen molar-refractivity contribution < 1.29 is 18.0 Å². The molecule has 0 saturated heterocycles. The number of carbonyl (C=O) groups excluding carboxylic acids is 1. The minimum absolute atomic E-state index is 0.0330. The van der Waals surface area contributed by atoms with Gasteiger partial charge in [-0.3, -0.25) is 4.79 Å². The number of alkyl halides is 3. The number of fused-ring (bicyclic) bond motifs is 2. The summed E-state index contributed by atoms with van der Waals surface area (Å²) in [7, 11) is 0. The highest BCUT2D eigenvalue weighted by atomic mass is 19.4. The average Bonchev–Trinajstić information content (AvgIpc) is 2.47. The first-order valence-electron chi connectivity index (χ1n) is 8.08. The van der Waals surface area contributed by atoms with E-state index in [2.05, 4.69) is 5.32 Å². The number of carbonyl (C=O) groups is 1. The molecule has 2 aliphatic carbocycles. The lowest BCUT2D eigenvalue weighted by Crippen LogP contribution is -2.53. The first-order valence-corrected chi connectivity index (χ1v) is 8.08. The van der Waals surface area contributed by atoms with Crippen LogP contribution in [0.25, 0.3) is 0 Å². The summed E-state index contributed by atoms with van der Waals surface area (Å²) >= 11 is 0. The third kappa shape index (κ3) is 3.52. The van der Waals surface area contributed by atoms with E-state index in [4.69, 9.17) is 5.73 Å². The smallest absolute Gasteiger partial charge is 0.349 e. The lowest BCUT2D eigenvalue weighted by Gasteiger charge is -2.45. The second-order valence-electron chi connectivity index (χ2n) is 6.76. The summed E-state index contributed by atoms with van der Waals surface area (Å²) in [6.07, 6.45) is 0.506. The Labute approximate surface area is 133 Å². The van der Waals surface area contributed by atoms with Crippen molar-refractivity contribution in [2.45, 2.75) is 50.4 Å². The van der Waals surface area contributed by atoms with Gasteiger partial charge >= 0.3 is 6.18 Å². The number of amides is 1. The maximum atomic E-state index is 12.8. The summed E-state index contributed by atoms with van der Waals surface area (Å²) in [5.74, 6) is 0.257. The van der Waals surface area contributed by atoms with Crippen LogP contribution in [0.3, 0.4) is 0 Å². The number of rotatable bonds is 2.